The van der Waals surface area contributed by atoms with Gasteiger partial charge in [-0.2, -0.15) is 5.10 Å². The first-order valence-electron chi connectivity index (χ1n) is 8.93. The van der Waals surface area contributed by atoms with Crippen molar-refractivity contribution >= 4 is 11.8 Å². The van der Waals surface area contributed by atoms with E-state index in [4.69, 9.17) is 0 Å². The zero-order valence-electron chi connectivity index (χ0n) is 14.3. The predicted molar refractivity (Wildman–Crippen MR) is 90.3 cm³/mol. The molecular weight excluding hydrogens is 306 g/mol. The molecule has 2 aliphatic rings. The van der Waals surface area contributed by atoms with Crippen LogP contribution in [0.4, 0.5) is 0 Å². The molecule has 1 aliphatic heterocycles. The van der Waals surface area contributed by atoms with Crippen molar-refractivity contribution in [3.8, 4) is 0 Å². The molecule has 0 bridgehead atoms. The molecule has 0 aromatic carbocycles. The standard InChI is InChI=1S/C17H27N5O2/c1-18-15(23)9-14-17(24)19-7-8-22(14)11-13-10-20-21-16(13)12-5-3-2-4-6-12/h10,12,14H,2-9,11H2,1H3,(H,18,23)(H,19,24)(H,20,21). The van der Waals surface area contributed by atoms with Crippen molar-refractivity contribution < 1.29 is 9.59 Å². The van der Waals surface area contributed by atoms with Gasteiger partial charge in [0.1, 0.15) is 0 Å². The molecule has 1 atom stereocenters. The van der Waals surface area contributed by atoms with Crippen LogP contribution in [0.25, 0.3) is 0 Å². The van der Waals surface area contributed by atoms with Crippen LogP contribution in [0.15, 0.2) is 6.20 Å². The molecule has 0 spiro atoms. The second-order valence-electron chi connectivity index (χ2n) is 6.80. The number of carbonyl (C=O) groups is 2. The molecule has 1 aliphatic carbocycles. The Bertz CT molecular complexity index is 579. The van der Waals surface area contributed by atoms with E-state index in [0.29, 0.717) is 19.0 Å². The third-order valence-corrected chi connectivity index (χ3v) is 5.24. The minimum Gasteiger partial charge on any atom is -0.359 e. The lowest BCUT2D eigenvalue weighted by Gasteiger charge is -2.35. The number of amides is 2. The fourth-order valence-electron chi connectivity index (χ4n) is 3.86. The van der Waals surface area contributed by atoms with E-state index in [2.05, 4.69) is 25.7 Å². The van der Waals surface area contributed by atoms with Crippen molar-refractivity contribution in [3.05, 3.63) is 17.5 Å². The zero-order chi connectivity index (χ0) is 16.9. The van der Waals surface area contributed by atoms with Crippen molar-refractivity contribution in [2.75, 3.05) is 20.1 Å². The Morgan fingerprint density at radius 3 is 2.92 bits per heavy atom. The summed E-state index contributed by atoms with van der Waals surface area (Å²) in [5, 5.41) is 12.9. The number of H-pyrrole nitrogens is 1. The van der Waals surface area contributed by atoms with Gasteiger partial charge in [-0.3, -0.25) is 19.6 Å². The Morgan fingerprint density at radius 2 is 2.17 bits per heavy atom. The number of carbonyl (C=O) groups excluding carboxylic acids is 2. The topological polar surface area (TPSA) is 90.1 Å². The predicted octanol–water partition coefficient (Wildman–Crippen LogP) is 0.894. The van der Waals surface area contributed by atoms with Crippen LogP contribution in [0.1, 0.15) is 55.7 Å². The van der Waals surface area contributed by atoms with Crippen LogP contribution in [0.2, 0.25) is 0 Å². The lowest BCUT2D eigenvalue weighted by Crippen LogP contribution is -2.56. The molecular formula is C17H27N5O2. The van der Waals surface area contributed by atoms with Gasteiger partial charge in [0.2, 0.25) is 11.8 Å². The summed E-state index contributed by atoms with van der Waals surface area (Å²) in [6.45, 7) is 2.04. The third kappa shape index (κ3) is 3.77. The average Bonchev–Trinajstić information content (AvgIpc) is 3.06. The molecule has 7 heteroatoms. The van der Waals surface area contributed by atoms with E-state index in [1.165, 1.54) is 43.4 Å². The average molecular weight is 333 g/mol. The third-order valence-electron chi connectivity index (χ3n) is 5.24. The Labute approximate surface area is 142 Å². The van der Waals surface area contributed by atoms with Gasteiger partial charge in [-0.05, 0) is 12.8 Å². The SMILES string of the molecule is CNC(=O)CC1C(=O)NCCN1Cc1cn[nH]c1C1CCCCC1. The van der Waals surface area contributed by atoms with Gasteiger partial charge in [-0.15, -0.1) is 0 Å². The fraction of sp³-hybridized carbons (Fsp3) is 0.706. The zero-order valence-corrected chi connectivity index (χ0v) is 14.3. The molecule has 1 aromatic rings. The monoisotopic (exact) mass is 333 g/mol. The van der Waals surface area contributed by atoms with E-state index >= 15 is 0 Å². The van der Waals surface area contributed by atoms with Crippen LogP contribution in [0.5, 0.6) is 0 Å². The highest BCUT2D eigenvalue weighted by atomic mass is 16.2. The van der Waals surface area contributed by atoms with Crippen LogP contribution in [-0.4, -0.2) is 53.1 Å². The first-order chi connectivity index (χ1) is 11.7. The summed E-state index contributed by atoms with van der Waals surface area (Å²) >= 11 is 0. The Hall–Kier alpha value is -1.89. The summed E-state index contributed by atoms with van der Waals surface area (Å²) < 4.78 is 0. The molecule has 7 nitrogen and oxygen atoms in total. The van der Waals surface area contributed by atoms with Gasteiger partial charge < -0.3 is 10.6 Å². The van der Waals surface area contributed by atoms with Gasteiger partial charge in [0.15, 0.2) is 0 Å². The van der Waals surface area contributed by atoms with E-state index in [9.17, 15) is 9.59 Å². The van der Waals surface area contributed by atoms with E-state index in [0.717, 1.165) is 6.54 Å². The second kappa shape index (κ2) is 7.79. The molecule has 0 radical (unpaired) electrons. The van der Waals surface area contributed by atoms with Gasteiger partial charge in [0.25, 0.3) is 0 Å². The molecule has 1 saturated carbocycles. The molecule has 1 unspecified atom stereocenters. The minimum absolute atomic E-state index is 0.0624. The van der Waals surface area contributed by atoms with E-state index in [-0.39, 0.29) is 18.2 Å². The normalized spacial score (nSPS) is 23.0. The number of nitrogens with one attached hydrogen (secondary N) is 3. The van der Waals surface area contributed by atoms with E-state index in [1.807, 2.05) is 6.20 Å². The molecule has 24 heavy (non-hydrogen) atoms. The summed E-state index contributed by atoms with van der Waals surface area (Å²) in [5.41, 5.74) is 2.39. The van der Waals surface area contributed by atoms with Crippen molar-refractivity contribution in [1.29, 1.82) is 0 Å². The van der Waals surface area contributed by atoms with Gasteiger partial charge in [0.05, 0.1) is 18.7 Å². The molecule has 2 fully saturated rings. The van der Waals surface area contributed by atoms with Crippen molar-refractivity contribution in [1.82, 2.24) is 25.7 Å². The maximum absolute atomic E-state index is 12.2. The number of aromatic nitrogens is 2. The smallest absolute Gasteiger partial charge is 0.237 e. The van der Waals surface area contributed by atoms with Crippen LogP contribution in [0, 0.1) is 0 Å². The number of rotatable bonds is 5. The van der Waals surface area contributed by atoms with Crippen LogP contribution in [0.3, 0.4) is 0 Å². The summed E-state index contributed by atoms with van der Waals surface area (Å²) in [4.78, 5) is 26.1. The number of nitrogens with zero attached hydrogens (tertiary/aromatic N) is 2. The quantitative estimate of drug-likeness (QED) is 0.746. The molecule has 132 valence electrons. The van der Waals surface area contributed by atoms with Gasteiger partial charge in [-0.25, -0.2) is 0 Å². The molecule has 3 rings (SSSR count). The summed E-state index contributed by atoms with van der Waals surface area (Å²) in [6, 6.07) is -0.409. The molecule has 1 saturated heterocycles. The molecule has 2 amide bonds. The van der Waals surface area contributed by atoms with Crippen molar-refractivity contribution in [3.63, 3.8) is 0 Å². The lowest BCUT2D eigenvalue weighted by atomic mass is 9.85. The van der Waals surface area contributed by atoms with Gasteiger partial charge >= 0.3 is 0 Å². The van der Waals surface area contributed by atoms with E-state index in [1.54, 1.807) is 7.05 Å². The number of piperazine rings is 1. The summed E-state index contributed by atoms with van der Waals surface area (Å²) in [6.07, 6.45) is 8.35. The Morgan fingerprint density at radius 1 is 1.38 bits per heavy atom. The van der Waals surface area contributed by atoms with Crippen molar-refractivity contribution in [2.45, 2.75) is 57.0 Å². The molecule has 2 heterocycles. The minimum atomic E-state index is -0.409. The maximum atomic E-state index is 12.2. The largest absolute Gasteiger partial charge is 0.359 e. The number of hydrogen-bond donors (Lipinski definition) is 3. The van der Waals surface area contributed by atoms with Gasteiger partial charge in [0, 0.05) is 43.9 Å². The number of aromatic amines is 1. The van der Waals surface area contributed by atoms with Gasteiger partial charge in [-0.1, -0.05) is 19.3 Å². The fourth-order valence-corrected chi connectivity index (χ4v) is 3.86. The summed E-state index contributed by atoms with van der Waals surface area (Å²) in [7, 11) is 1.60. The maximum Gasteiger partial charge on any atom is 0.237 e. The van der Waals surface area contributed by atoms with Crippen LogP contribution < -0.4 is 10.6 Å². The van der Waals surface area contributed by atoms with Crippen LogP contribution >= 0.6 is 0 Å². The first kappa shape index (κ1) is 17.0. The first-order valence-corrected chi connectivity index (χ1v) is 8.93. The van der Waals surface area contributed by atoms with Crippen LogP contribution in [-0.2, 0) is 16.1 Å². The highest BCUT2D eigenvalue weighted by molar-refractivity contribution is 5.88. The number of hydrogen-bond acceptors (Lipinski definition) is 4. The molecule has 1 aromatic heterocycles. The molecule has 3 N–H and O–H groups in total. The van der Waals surface area contributed by atoms with Crippen molar-refractivity contribution in [2.24, 2.45) is 0 Å². The Balaban J connectivity index is 1.72. The highest BCUT2D eigenvalue weighted by Crippen LogP contribution is 2.33. The highest BCUT2D eigenvalue weighted by Gasteiger charge is 2.32. The Kier molecular flexibility index (Phi) is 5.50. The lowest BCUT2D eigenvalue weighted by molar-refractivity contribution is -0.134. The van der Waals surface area contributed by atoms with E-state index < -0.39 is 6.04 Å². The summed E-state index contributed by atoms with van der Waals surface area (Å²) in [5.74, 6) is 0.376. The second-order valence-corrected chi connectivity index (χ2v) is 6.80.